The fourth-order valence-electron chi connectivity index (χ4n) is 2.16. The van der Waals surface area contributed by atoms with Crippen LogP contribution in [0, 0.1) is 0 Å². The molecular formula is C18H20ClNO4S. The summed E-state index contributed by atoms with van der Waals surface area (Å²) in [5.41, 5.74) is 1.71. The van der Waals surface area contributed by atoms with E-state index in [0.29, 0.717) is 22.9 Å². The molecule has 0 fully saturated rings. The molecule has 1 N–H and O–H groups in total. The second kappa shape index (κ2) is 8.89. The van der Waals surface area contributed by atoms with Crippen molar-refractivity contribution in [1.82, 2.24) is 4.72 Å². The number of rotatable bonds is 8. The Morgan fingerprint density at radius 1 is 1.04 bits per heavy atom. The summed E-state index contributed by atoms with van der Waals surface area (Å²) < 4.78 is 37.0. The molecule has 0 amide bonds. The van der Waals surface area contributed by atoms with Gasteiger partial charge in [0.25, 0.3) is 0 Å². The summed E-state index contributed by atoms with van der Waals surface area (Å²) in [6.45, 7) is 0.281. The lowest BCUT2D eigenvalue weighted by molar-refractivity contribution is 0.354. The van der Waals surface area contributed by atoms with Crippen molar-refractivity contribution < 1.29 is 17.9 Å². The molecule has 0 aliphatic carbocycles. The Hall–Kier alpha value is -2.02. The lowest BCUT2D eigenvalue weighted by Gasteiger charge is -2.09. The van der Waals surface area contributed by atoms with Crippen LogP contribution < -0.4 is 14.2 Å². The van der Waals surface area contributed by atoms with E-state index in [9.17, 15) is 8.42 Å². The molecule has 5 nitrogen and oxygen atoms in total. The molecule has 0 spiro atoms. The van der Waals surface area contributed by atoms with Crippen LogP contribution in [0.1, 0.15) is 11.1 Å². The molecule has 0 unspecified atom stereocenters. The van der Waals surface area contributed by atoms with Gasteiger partial charge in [0.2, 0.25) is 10.0 Å². The minimum absolute atomic E-state index is 0.281. The summed E-state index contributed by atoms with van der Waals surface area (Å²) in [5, 5.41) is 1.75. The van der Waals surface area contributed by atoms with Gasteiger partial charge in [-0.15, -0.1) is 0 Å². The summed E-state index contributed by atoms with van der Waals surface area (Å²) in [7, 11) is -0.379. The molecule has 0 radical (unpaired) electrons. The van der Waals surface area contributed by atoms with Gasteiger partial charge in [-0.2, -0.15) is 0 Å². The van der Waals surface area contributed by atoms with Crippen molar-refractivity contribution in [3.05, 3.63) is 64.0 Å². The predicted molar refractivity (Wildman–Crippen MR) is 101 cm³/mol. The van der Waals surface area contributed by atoms with Gasteiger partial charge in [-0.05, 0) is 47.9 Å². The van der Waals surface area contributed by atoms with E-state index in [2.05, 4.69) is 4.72 Å². The molecule has 0 aromatic heterocycles. The van der Waals surface area contributed by atoms with E-state index in [4.69, 9.17) is 21.1 Å². The molecule has 7 heteroatoms. The minimum atomic E-state index is -3.51. The minimum Gasteiger partial charge on any atom is -0.493 e. The van der Waals surface area contributed by atoms with Crippen LogP contribution in [0.15, 0.2) is 47.9 Å². The van der Waals surface area contributed by atoms with Crippen LogP contribution in [-0.2, 0) is 16.4 Å². The van der Waals surface area contributed by atoms with Crippen LogP contribution in [0.3, 0.4) is 0 Å². The Kier molecular flexibility index (Phi) is 6.87. The maximum absolute atomic E-state index is 12.0. The van der Waals surface area contributed by atoms with E-state index in [1.807, 2.05) is 12.1 Å². The van der Waals surface area contributed by atoms with E-state index in [0.717, 1.165) is 16.5 Å². The molecular weight excluding hydrogens is 362 g/mol. The maximum Gasteiger partial charge on any atom is 0.233 e. The predicted octanol–water partition coefficient (Wildman–Crippen LogP) is 3.49. The molecule has 0 saturated heterocycles. The first-order valence-electron chi connectivity index (χ1n) is 7.58. The van der Waals surface area contributed by atoms with Crippen LogP contribution >= 0.6 is 11.6 Å². The van der Waals surface area contributed by atoms with Crippen LogP contribution in [0.5, 0.6) is 11.5 Å². The highest BCUT2D eigenvalue weighted by Gasteiger charge is 2.07. The van der Waals surface area contributed by atoms with Gasteiger partial charge in [-0.25, -0.2) is 13.1 Å². The Balaban J connectivity index is 1.92. The van der Waals surface area contributed by atoms with Crippen molar-refractivity contribution in [2.75, 3.05) is 20.8 Å². The summed E-state index contributed by atoms with van der Waals surface area (Å²) in [6, 6.07) is 12.4. The third-order valence-electron chi connectivity index (χ3n) is 3.47. The van der Waals surface area contributed by atoms with E-state index < -0.39 is 10.0 Å². The number of halogens is 1. The Morgan fingerprint density at radius 3 is 2.36 bits per heavy atom. The van der Waals surface area contributed by atoms with Crippen molar-refractivity contribution >= 4 is 27.7 Å². The third-order valence-corrected chi connectivity index (χ3v) is 4.83. The van der Waals surface area contributed by atoms with E-state index in [-0.39, 0.29) is 6.54 Å². The Morgan fingerprint density at radius 2 is 1.72 bits per heavy atom. The topological polar surface area (TPSA) is 64.6 Å². The molecule has 0 atom stereocenters. The highest BCUT2D eigenvalue weighted by atomic mass is 35.5. The average Bonchev–Trinajstić information content (AvgIpc) is 2.61. The largest absolute Gasteiger partial charge is 0.493 e. The molecule has 134 valence electrons. The van der Waals surface area contributed by atoms with Crippen molar-refractivity contribution in [3.8, 4) is 11.5 Å². The Labute approximate surface area is 153 Å². The smallest absolute Gasteiger partial charge is 0.233 e. The molecule has 0 heterocycles. The van der Waals surface area contributed by atoms with Crippen molar-refractivity contribution in [2.45, 2.75) is 6.42 Å². The third kappa shape index (κ3) is 6.08. The molecule has 2 aromatic rings. The lowest BCUT2D eigenvalue weighted by Crippen LogP contribution is -2.23. The first kappa shape index (κ1) is 19.3. The normalized spacial score (nSPS) is 11.6. The molecule has 0 aliphatic heterocycles. The Bertz CT molecular complexity index is 833. The van der Waals surface area contributed by atoms with Gasteiger partial charge < -0.3 is 9.47 Å². The zero-order valence-corrected chi connectivity index (χ0v) is 15.6. The summed E-state index contributed by atoms with van der Waals surface area (Å²) >= 11 is 5.80. The first-order valence-corrected chi connectivity index (χ1v) is 9.50. The molecule has 0 saturated carbocycles. The molecule has 0 bridgehead atoms. The van der Waals surface area contributed by atoms with Crippen LogP contribution in [0.2, 0.25) is 5.02 Å². The second-order valence-corrected chi connectivity index (χ2v) is 7.32. The zero-order valence-electron chi connectivity index (χ0n) is 14.0. The second-order valence-electron chi connectivity index (χ2n) is 5.23. The SMILES string of the molecule is COc1ccc(CCNS(=O)(=O)/C=C/c2ccc(Cl)cc2)cc1OC. The fraction of sp³-hybridized carbons (Fsp3) is 0.222. The fourth-order valence-corrected chi connectivity index (χ4v) is 3.11. The number of sulfonamides is 1. The highest BCUT2D eigenvalue weighted by molar-refractivity contribution is 7.92. The van der Waals surface area contributed by atoms with Gasteiger partial charge in [0, 0.05) is 17.0 Å². The number of nitrogens with one attached hydrogen (secondary N) is 1. The lowest BCUT2D eigenvalue weighted by atomic mass is 10.1. The molecule has 0 aliphatic rings. The standard InChI is InChI=1S/C18H20ClNO4S/c1-23-17-8-5-15(13-18(17)24-2)9-11-20-25(21,22)12-10-14-3-6-16(19)7-4-14/h3-8,10,12-13,20H,9,11H2,1-2H3/b12-10+. The summed E-state index contributed by atoms with van der Waals surface area (Å²) in [5.74, 6) is 1.25. The van der Waals surface area contributed by atoms with E-state index >= 15 is 0 Å². The van der Waals surface area contributed by atoms with Crippen LogP contribution in [0.4, 0.5) is 0 Å². The van der Waals surface area contributed by atoms with E-state index in [1.165, 1.54) is 6.08 Å². The average molecular weight is 382 g/mol. The number of hydrogen-bond acceptors (Lipinski definition) is 4. The van der Waals surface area contributed by atoms with Crippen molar-refractivity contribution in [1.29, 1.82) is 0 Å². The van der Waals surface area contributed by atoms with Gasteiger partial charge in [0.1, 0.15) is 0 Å². The quantitative estimate of drug-likeness (QED) is 0.760. The molecule has 2 rings (SSSR count). The van der Waals surface area contributed by atoms with E-state index in [1.54, 1.807) is 44.6 Å². The molecule has 25 heavy (non-hydrogen) atoms. The van der Waals surface area contributed by atoms with Crippen molar-refractivity contribution in [2.24, 2.45) is 0 Å². The van der Waals surface area contributed by atoms with Gasteiger partial charge in [-0.1, -0.05) is 29.8 Å². The summed E-state index contributed by atoms with van der Waals surface area (Å²) in [6.07, 6.45) is 2.06. The maximum atomic E-state index is 12.0. The number of ether oxygens (including phenoxy) is 2. The monoisotopic (exact) mass is 381 g/mol. The zero-order chi connectivity index (χ0) is 18.3. The highest BCUT2D eigenvalue weighted by Crippen LogP contribution is 2.27. The number of benzene rings is 2. The van der Waals surface area contributed by atoms with Gasteiger partial charge in [-0.3, -0.25) is 0 Å². The summed E-state index contributed by atoms with van der Waals surface area (Å²) in [4.78, 5) is 0. The van der Waals surface area contributed by atoms with Crippen LogP contribution in [0.25, 0.3) is 6.08 Å². The number of methoxy groups -OCH3 is 2. The van der Waals surface area contributed by atoms with Gasteiger partial charge >= 0.3 is 0 Å². The number of hydrogen-bond donors (Lipinski definition) is 1. The molecule has 2 aromatic carbocycles. The first-order chi connectivity index (χ1) is 11.9. The van der Waals surface area contributed by atoms with Crippen molar-refractivity contribution in [3.63, 3.8) is 0 Å². The van der Waals surface area contributed by atoms with Gasteiger partial charge in [0.15, 0.2) is 11.5 Å². The van der Waals surface area contributed by atoms with Gasteiger partial charge in [0.05, 0.1) is 14.2 Å². The van der Waals surface area contributed by atoms with Crippen LogP contribution in [-0.4, -0.2) is 29.2 Å².